The van der Waals surface area contributed by atoms with Crippen LogP contribution in [0.1, 0.15) is 23.5 Å². The molecule has 0 aliphatic heterocycles. The van der Waals surface area contributed by atoms with E-state index in [-0.39, 0.29) is 18.4 Å². The van der Waals surface area contributed by atoms with Crippen molar-refractivity contribution in [1.29, 1.82) is 0 Å². The highest BCUT2D eigenvalue weighted by molar-refractivity contribution is 7.13. The summed E-state index contributed by atoms with van der Waals surface area (Å²) < 4.78 is 4.64. The minimum atomic E-state index is -0.259. The van der Waals surface area contributed by atoms with Crippen LogP contribution < -0.4 is 4.90 Å². The first-order valence-electron chi connectivity index (χ1n) is 5.89. The molecule has 6 heteroatoms. The van der Waals surface area contributed by atoms with Gasteiger partial charge in [0.2, 0.25) is 0 Å². The van der Waals surface area contributed by atoms with Crippen LogP contribution in [0.4, 0.5) is 5.13 Å². The van der Waals surface area contributed by atoms with Crippen molar-refractivity contribution < 1.29 is 9.53 Å². The standard InChI is InChI=1S/C13H16N2O2S2/c1-9(11-5-4-6-18-11)15(2)13-14-10(8-19-13)7-12(16)17-3/h4-6,8-9H,7H2,1-3H3. The molecule has 102 valence electrons. The van der Waals surface area contributed by atoms with Crippen molar-refractivity contribution in [2.24, 2.45) is 0 Å². The molecule has 0 aliphatic carbocycles. The molecular formula is C13H16N2O2S2. The molecule has 2 aromatic rings. The fraction of sp³-hybridized carbons (Fsp3) is 0.385. The van der Waals surface area contributed by atoms with E-state index in [1.54, 1.807) is 22.7 Å². The molecule has 0 radical (unpaired) electrons. The number of aromatic nitrogens is 1. The lowest BCUT2D eigenvalue weighted by Crippen LogP contribution is -2.20. The van der Waals surface area contributed by atoms with E-state index in [2.05, 4.69) is 39.1 Å². The maximum atomic E-state index is 11.2. The zero-order valence-electron chi connectivity index (χ0n) is 11.1. The van der Waals surface area contributed by atoms with E-state index >= 15 is 0 Å². The summed E-state index contributed by atoms with van der Waals surface area (Å²) in [5.41, 5.74) is 0.761. The molecule has 0 N–H and O–H groups in total. The number of anilines is 1. The summed E-state index contributed by atoms with van der Waals surface area (Å²) in [4.78, 5) is 19.1. The SMILES string of the molecule is COC(=O)Cc1csc(N(C)C(C)c2cccs2)n1. The second-order valence-corrected chi connectivity index (χ2v) is 5.99. The molecule has 1 unspecified atom stereocenters. The maximum Gasteiger partial charge on any atom is 0.311 e. The van der Waals surface area contributed by atoms with E-state index in [4.69, 9.17) is 0 Å². The van der Waals surface area contributed by atoms with Crippen LogP contribution in [0.5, 0.6) is 0 Å². The van der Waals surface area contributed by atoms with Gasteiger partial charge < -0.3 is 9.64 Å². The smallest absolute Gasteiger partial charge is 0.311 e. The number of carbonyl (C=O) groups excluding carboxylic acids is 1. The molecule has 0 bridgehead atoms. The topological polar surface area (TPSA) is 42.4 Å². The quantitative estimate of drug-likeness (QED) is 0.795. The van der Waals surface area contributed by atoms with Crippen molar-refractivity contribution in [3.05, 3.63) is 33.5 Å². The van der Waals surface area contributed by atoms with Crippen molar-refractivity contribution in [2.75, 3.05) is 19.1 Å². The highest BCUT2D eigenvalue weighted by Gasteiger charge is 2.17. The molecule has 0 saturated carbocycles. The highest BCUT2D eigenvalue weighted by atomic mass is 32.1. The lowest BCUT2D eigenvalue weighted by atomic mass is 10.2. The number of hydrogen-bond donors (Lipinski definition) is 0. The summed E-state index contributed by atoms with van der Waals surface area (Å²) in [6.45, 7) is 2.15. The van der Waals surface area contributed by atoms with Gasteiger partial charge in [0.1, 0.15) is 0 Å². The normalized spacial score (nSPS) is 12.2. The first kappa shape index (κ1) is 14.0. The molecular weight excluding hydrogens is 280 g/mol. The van der Waals surface area contributed by atoms with E-state index in [1.807, 2.05) is 12.4 Å². The van der Waals surface area contributed by atoms with Crippen LogP contribution in [0, 0.1) is 0 Å². The van der Waals surface area contributed by atoms with Gasteiger partial charge in [-0.2, -0.15) is 0 Å². The van der Waals surface area contributed by atoms with Gasteiger partial charge in [-0.05, 0) is 18.4 Å². The van der Waals surface area contributed by atoms with Crippen LogP contribution >= 0.6 is 22.7 Å². The van der Waals surface area contributed by atoms with Gasteiger partial charge in [0.05, 0.1) is 25.3 Å². The third-order valence-electron chi connectivity index (χ3n) is 2.93. The van der Waals surface area contributed by atoms with E-state index in [0.717, 1.165) is 10.8 Å². The van der Waals surface area contributed by atoms with Gasteiger partial charge in [0.25, 0.3) is 0 Å². The number of rotatable bonds is 5. The maximum absolute atomic E-state index is 11.2. The molecule has 0 fully saturated rings. The Labute approximate surface area is 120 Å². The Kier molecular flexibility index (Phi) is 4.55. The van der Waals surface area contributed by atoms with Crippen molar-refractivity contribution in [2.45, 2.75) is 19.4 Å². The Morgan fingerprint density at radius 1 is 1.53 bits per heavy atom. The Balaban J connectivity index is 2.07. The molecule has 0 aliphatic rings. The van der Waals surface area contributed by atoms with E-state index in [0.29, 0.717) is 0 Å². The molecule has 2 heterocycles. The Bertz CT molecular complexity index is 537. The average Bonchev–Trinajstić information content (AvgIpc) is 3.07. The van der Waals surface area contributed by atoms with E-state index in [1.165, 1.54) is 12.0 Å². The number of thiophene rings is 1. The van der Waals surface area contributed by atoms with Crippen LogP contribution in [0.2, 0.25) is 0 Å². The zero-order chi connectivity index (χ0) is 13.8. The largest absolute Gasteiger partial charge is 0.469 e. The van der Waals surface area contributed by atoms with Crippen molar-refractivity contribution in [3.8, 4) is 0 Å². The number of carbonyl (C=O) groups is 1. The fourth-order valence-corrected chi connectivity index (χ4v) is 3.34. The summed E-state index contributed by atoms with van der Waals surface area (Å²) in [6.07, 6.45) is 0.230. The van der Waals surface area contributed by atoms with Crippen molar-refractivity contribution >= 4 is 33.8 Å². The molecule has 1 atom stereocenters. The van der Waals surface area contributed by atoms with Crippen LogP contribution in [0.15, 0.2) is 22.9 Å². The predicted octanol–water partition coefficient (Wildman–Crippen LogP) is 3.12. The Morgan fingerprint density at radius 3 is 2.95 bits per heavy atom. The number of nitrogens with zero attached hydrogens (tertiary/aromatic N) is 2. The van der Waals surface area contributed by atoms with Gasteiger partial charge in [-0.15, -0.1) is 22.7 Å². The number of ether oxygens (including phenoxy) is 1. The van der Waals surface area contributed by atoms with Gasteiger partial charge >= 0.3 is 5.97 Å². The summed E-state index contributed by atoms with van der Waals surface area (Å²) in [7, 11) is 3.41. The first-order chi connectivity index (χ1) is 9.11. The van der Waals surface area contributed by atoms with Gasteiger partial charge in [0, 0.05) is 17.3 Å². The molecule has 2 rings (SSSR count). The predicted molar refractivity (Wildman–Crippen MR) is 79.0 cm³/mol. The lowest BCUT2D eigenvalue weighted by molar-refractivity contribution is -0.139. The van der Waals surface area contributed by atoms with Crippen molar-refractivity contribution in [1.82, 2.24) is 4.98 Å². The van der Waals surface area contributed by atoms with Crippen LogP contribution in [0.25, 0.3) is 0 Å². The lowest BCUT2D eigenvalue weighted by Gasteiger charge is -2.23. The van der Waals surface area contributed by atoms with E-state index < -0.39 is 0 Å². The highest BCUT2D eigenvalue weighted by Crippen LogP contribution is 2.30. The molecule has 2 aromatic heterocycles. The minimum absolute atomic E-state index is 0.230. The minimum Gasteiger partial charge on any atom is -0.469 e. The molecule has 0 aromatic carbocycles. The monoisotopic (exact) mass is 296 g/mol. The van der Waals surface area contributed by atoms with Crippen LogP contribution in [-0.4, -0.2) is 25.1 Å². The molecule has 0 amide bonds. The number of hydrogen-bond acceptors (Lipinski definition) is 6. The zero-order valence-corrected chi connectivity index (χ0v) is 12.8. The van der Waals surface area contributed by atoms with E-state index in [9.17, 15) is 4.79 Å². The first-order valence-corrected chi connectivity index (χ1v) is 7.65. The van der Waals surface area contributed by atoms with Gasteiger partial charge in [0.15, 0.2) is 5.13 Å². The third kappa shape index (κ3) is 3.33. The van der Waals surface area contributed by atoms with Gasteiger partial charge in [-0.25, -0.2) is 4.98 Å². The average molecular weight is 296 g/mol. The Morgan fingerprint density at radius 2 is 2.32 bits per heavy atom. The molecule has 0 spiro atoms. The number of thiazole rings is 1. The fourth-order valence-electron chi connectivity index (χ4n) is 1.65. The van der Waals surface area contributed by atoms with Crippen molar-refractivity contribution in [3.63, 3.8) is 0 Å². The number of methoxy groups -OCH3 is 1. The summed E-state index contributed by atoms with van der Waals surface area (Å²) in [6, 6.07) is 4.45. The molecule has 4 nitrogen and oxygen atoms in total. The third-order valence-corrected chi connectivity index (χ3v) is 4.95. The second-order valence-electron chi connectivity index (χ2n) is 4.18. The molecule has 19 heavy (non-hydrogen) atoms. The second kappa shape index (κ2) is 6.16. The van der Waals surface area contributed by atoms with Gasteiger partial charge in [-0.3, -0.25) is 4.79 Å². The van der Waals surface area contributed by atoms with Crippen LogP contribution in [0.3, 0.4) is 0 Å². The Hall–Kier alpha value is -1.40. The van der Waals surface area contributed by atoms with Gasteiger partial charge in [-0.1, -0.05) is 6.07 Å². The number of esters is 1. The van der Waals surface area contributed by atoms with Crippen LogP contribution in [-0.2, 0) is 16.0 Å². The summed E-state index contributed by atoms with van der Waals surface area (Å²) >= 11 is 3.28. The molecule has 0 saturated heterocycles. The summed E-state index contributed by atoms with van der Waals surface area (Å²) in [5.74, 6) is -0.259. The summed E-state index contributed by atoms with van der Waals surface area (Å²) in [5, 5.41) is 4.90.